The smallest absolute Gasteiger partial charge is 0.407 e. The molecule has 7 nitrogen and oxygen atoms in total. The van der Waals surface area contributed by atoms with Gasteiger partial charge in [-0.2, -0.15) is 0 Å². The number of carbonyl (C=O) groups excluding carboxylic acids is 2. The number of benzene rings is 2. The van der Waals surface area contributed by atoms with Gasteiger partial charge < -0.3 is 20.5 Å². The van der Waals surface area contributed by atoms with Gasteiger partial charge in [-0.05, 0) is 47.4 Å². The van der Waals surface area contributed by atoms with Crippen LogP contribution in [0.15, 0.2) is 48.5 Å². The number of alkyl carbamates (subject to hydrolysis) is 1. The largest absolute Gasteiger partial charge is 0.481 e. The Kier molecular flexibility index (Phi) is 7.50. The number of ether oxygens (including phenoxy) is 1. The molecule has 0 aliphatic heterocycles. The molecule has 1 fully saturated rings. The topological polar surface area (TPSA) is 105 Å². The lowest BCUT2D eigenvalue weighted by Crippen LogP contribution is -2.50. The fraction of sp³-hybridized carbons (Fsp3) is 0.444. The molecule has 2 amide bonds. The lowest BCUT2D eigenvalue weighted by atomic mass is 9.98. The summed E-state index contributed by atoms with van der Waals surface area (Å²) in [6.07, 6.45) is 3.60. The predicted octanol–water partition coefficient (Wildman–Crippen LogP) is 4.45. The Balaban J connectivity index is 1.38. The normalized spacial score (nSPS) is 20.4. The van der Waals surface area contributed by atoms with Gasteiger partial charge in [0.2, 0.25) is 5.91 Å². The van der Waals surface area contributed by atoms with Crippen molar-refractivity contribution in [2.45, 2.75) is 63.5 Å². The Hall–Kier alpha value is -3.35. The third kappa shape index (κ3) is 5.58. The van der Waals surface area contributed by atoms with E-state index in [4.69, 9.17) is 4.74 Å². The van der Waals surface area contributed by atoms with Gasteiger partial charge in [-0.25, -0.2) is 4.79 Å². The van der Waals surface area contributed by atoms with Crippen molar-refractivity contribution in [3.63, 3.8) is 0 Å². The highest BCUT2D eigenvalue weighted by atomic mass is 16.5. The van der Waals surface area contributed by atoms with Crippen LogP contribution in [0.2, 0.25) is 0 Å². The maximum absolute atomic E-state index is 12.8. The number of nitrogens with one attached hydrogen (secondary N) is 2. The Bertz CT molecular complexity index is 1010. The summed E-state index contributed by atoms with van der Waals surface area (Å²) < 4.78 is 5.50. The van der Waals surface area contributed by atoms with Gasteiger partial charge in [-0.1, -0.05) is 68.3 Å². The van der Waals surface area contributed by atoms with Crippen LogP contribution < -0.4 is 10.6 Å². The SMILES string of the molecule is CC1CCCC(NC(=O)C(CC(=O)O)NC(=O)OCC2c3ccccc3-c3ccccc32)CC1. The van der Waals surface area contributed by atoms with E-state index in [1.54, 1.807) is 0 Å². The van der Waals surface area contributed by atoms with E-state index in [2.05, 4.69) is 29.7 Å². The van der Waals surface area contributed by atoms with Crippen molar-refractivity contribution in [3.8, 4) is 11.1 Å². The molecule has 3 N–H and O–H groups in total. The zero-order valence-electron chi connectivity index (χ0n) is 19.5. The molecule has 0 heterocycles. The van der Waals surface area contributed by atoms with Gasteiger partial charge in [0.05, 0.1) is 6.42 Å². The molecule has 2 aromatic rings. The first kappa shape index (κ1) is 23.8. The number of aliphatic carboxylic acids is 1. The summed E-state index contributed by atoms with van der Waals surface area (Å²) in [5.74, 6) is -1.13. The minimum atomic E-state index is -1.19. The van der Waals surface area contributed by atoms with Crippen LogP contribution in [0.3, 0.4) is 0 Å². The first-order chi connectivity index (χ1) is 16.4. The van der Waals surface area contributed by atoms with Crippen molar-refractivity contribution in [1.29, 1.82) is 0 Å². The number of fused-ring (bicyclic) bond motifs is 3. The highest BCUT2D eigenvalue weighted by Crippen LogP contribution is 2.44. The summed E-state index contributed by atoms with van der Waals surface area (Å²) in [6, 6.07) is 14.8. The van der Waals surface area contributed by atoms with Gasteiger partial charge in [0.1, 0.15) is 12.6 Å². The summed E-state index contributed by atoms with van der Waals surface area (Å²) in [7, 11) is 0. The maximum Gasteiger partial charge on any atom is 0.407 e. The molecule has 0 saturated heterocycles. The lowest BCUT2D eigenvalue weighted by molar-refractivity contribution is -0.140. The Labute approximate surface area is 199 Å². The van der Waals surface area contributed by atoms with E-state index >= 15 is 0 Å². The molecule has 1 saturated carbocycles. The molecule has 0 aromatic heterocycles. The third-order valence-corrected chi connectivity index (χ3v) is 6.93. The van der Waals surface area contributed by atoms with E-state index in [0.29, 0.717) is 5.92 Å². The van der Waals surface area contributed by atoms with E-state index < -0.39 is 30.4 Å². The van der Waals surface area contributed by atoms with Crippen LogP contribution in [0.4, 0.5) is 4.79 Å². The number of hydrogen-bond acceptors (Lipinski definition) is 4. The van der Waals surface area contributed by atoms with Crippen molar-refractivity contribution >= 4 is 18.0 Å². The second-order valence-corrected chi connectivity index (χ2v) is 9.44. The van der Waals surface area contributed by atoms with Crippen LogP contribution >= 0.6 is 0 Å². The highest BCUT2D eigenvalue weighted by molar-refractivity contribution is 5.89. The van der Waals surface area contributed by atoms with Crippen LogP contribution in [-0.4, -0.2) is 41.8 Å². The molecule has 7 heteroatoms. The summed E-state index contributed by atoms with van der Waals surface area (Å²) in [5.41, 5.74) is 4.40. The molecule has 2 aromatic carbocycles. The molecule has 0 bridgehead atoms. The molecule has 2 aliphatic rings. The van der Waals surface area contributed by atoms with Crippen molar-refractivity contribution in [1.82, 2.24) is 10.6 Å². The second-order valence-electron chi connectivity index (χ2n) is 9.44. The Morgan fingerprint density at radius 3 is 2.26 bits per heavy atom. The van der Waals surface area contributed by atoms with Crippen LogP contribution in [0.25, 0.3) is 11.1 Å². The molecule has 2 aliphatic carbocycles. The summed E-state index contributed by atoms with van der Waals surface area (Å²) in [5, 5.41) is 14.7. The first-order valence-electron chi connectivity index (χ1n) is 12.1. The highest BCUT2D eigenvalue weighted by Gasteiger charge is 2.31. The molecule has 34 heavy (non-hydrogen) atoms. The Morgan fingerprint density at radius 1 is 0.971 bits per heavy atom. The van der Waals surface area contributed by atoms with E-state index in [-0.39, 0.29) is 18.6 Å². The average Bonchev–Trinajstić information content (AvgIpc) is 2.99. The number of carboxylic acids is 1. The van der Waals surface area contributed by atoms with Gasteiger partial charge in [0.15, 0.2) is 0 Å². The lowest BCUT2D eigenvalue weighted by Gasteiger charge is -2.22. The first-order valence-corrected chi connectivity index (χ1v) is 12.1. The predicted molar refractivity (Wildman–Crippen MR) is 128 cm³/mol. The summed E-state index contributed by atoms with van der Waals surface area (Å²) >= 11 is 0. The van der Waals surface area contributed by atoms with Gasteiger partial charge in [-0.15, -0.1) is 0 Å². The van der Waals surface area contributed by atoms with Crippen molar-refractivity contribution < 1.29 is 24.2 Å². The quantitative estimate of drug-likeness (QED) is 0.525. The third-order valence-electron chi connectivity index (χ3n) is 6.93. The Morgan fingerprint density at radius 2 is 1.62 bits per heavy atom. The number of amides is 2. The van der Waals surface area contributed by atoms with Gasteiger partial charge >= 0.3 is 12.1 Å². The molecule has 0 radical (unpaired) electrons. The fourth-order valence-corrected chi connectivity index (χ4v) is 5.10. The van der Waals surface area contributed by atoms with E-state index in [1.807, 2.05) is 36.4 Å². The molecule has 3 atom stereocenters. The number of hydrogen-bond donors (Lipinski definition) is 3. The molecular formula is C27H32N2O5. The van der Waals surface area contributed by atoms with E-state index in [1.165, 1.54) is 0 Å². The van der Waals surface area contributed by atoms with Crippen LogP contribution in [0, 0.1) is 5.92 Å². The zero-order chi connectivity index (χ0) is 24.1. The number of carbonyl (C=O) groups is 3. The van der Waals surface area contributed by atoms with E-state index in [9.17, 15) is 19.5 Å². The standard InChI is InChI=1S/C27H32N2O5/c1-17-7-6-8-18(14-13-17)28-26(32)24(15-25(30)31)29-27(33)34-16-23-21-11-4-2-9-19(21)20-10-3-5-12-22(20)23/h2-5,9-12,17-18,23-24H,6-8,13-16H2,1H3,(H,28,32)(H,29,33)(H,30,31). The molecular weight excluding hydrogens is 432 g/mol. The minimum absolute atomic E-state index is 0.00180. The van der Waals surface area contributed by atoms with Crippen molar-refractivity contribution in [2.24, 2.45) is 5.92 Å². The van der Waals surface area contributed by atoms with Crippen LogP contribution in [-0.2, 0) is 14.3 Å². The fourth-order valence-electron chi connectivity index (χ4n) is 5.10. The molecule has 3 unspecified atom stereocenters. The summed E-state index contributed by atoms with van der Waals surface area (Å²) in [6.45, 7) is 2.30. The van der Waals surface area contributed by atoms with Crippen LogP contribution in [0.1, 0.15) is 62.5 Å². The van der Waals surface area contributed by atoms with Crippen molar-refractivity contribution in [3.05, 3.63) is 59.7 Å². The molecule has 0 spiro atoms. The zero-order valence-corrected chi connectivity index (χ0v) is 19.5. The minimum Gasteiger partial charge on any atom is -0.481 e. The summed E-state index contributed by atoms with van der Waals surface area (Å²) in [4.78, 5) is 36.8. The van der Waals surface area contributed by atoms with Crippen molar-refractivity contribution in [2.75, 3.05) is 6.61 Å². The van der Waals surface area contributed by atoms with Gasteiger partial charge in [0.25, 0.3) is 0 Å². The number of carboxylic acid groups (broad SMARTS) is 1. The average molecular weight is 465 g/mol. The second kappa shape index (κ2) is 10.7. The van der Waals surface area contributed by atoms with Crippen LogP contribution in [0.5, 0.6) is 0 Å². The maximum atomic E-state index is 12.8. The molecule has 180 valence electrons. The molecule has 4 rings (SSSR count). The number of rotatable bonds is 7. The van der Waals surface area contributed by atoms with E-state index in [0.717, 1.165) is 54.4 Å². The monoisotopic (exact) mass is 464 g/mol. The van der Waals surface area contributed by atoms with Gasteiger partial charge in [0, 0.05) is 12.0 Å². The van der Waals surface area contributed by atoms with Gasteiger partial charge in [-0.3, -0.25) is 9.59 Å².